The number of nitrogens with two attached hydrogens (primary N) is 1. The van der Waals surface area contributed by atoms with Crippen LogP contribution in [0.25, 0.3) is 0 Å². The summed E-state index contributed by atoms with van der Waals surface area (Å²) in [6.45, 7) is 1.86. The van der Waals surface area contributed by atoms with Gasteiger partial charge in [-0.15, -0.1) is 11.3 Å². The van der Waals surface area contributed by atoms with Gasteiger partial charge in [-0.1, -0.05) is 47.6 Å². The first-order chi connectivity index (χ1) is 12.4. The molecule has 0 bridgehead atoms. The van der Waals surface area contributed by atoms with Gasteiger partial charge in [0, 0.05) is 5.75 Å². The largest absolute Gasteiger partial charge is 0.382 e. The van der Waals surface area contributed by atoms with Gasteiger partial charge in [-0.25, -0.2) is 9.37 Å². The fourth-order valence-corrected chi connectivity index (χ4v) is 4.41. The molecule has 1 amide bonds. The molecule has 0 aliphatic rings. The van der Waals surface area contributed by atoms with Gasteiger partial charge in [0.2, 0.25) is 0 Å². The maximum Gasteiger partial charge on any atom is 0.269 e. The number of thioether (sulfide) groups is 1. The molecule has 0 saturated carbocycles. The number of halogens is 2. The highest BCUT2D eigenvalue weighted by Gasteiger charge is 2.18. The molecule has 3 N–H and O–H groups in total. The molecule has 1 heterocycles. The number of nitrogen functional groups attached to an aromatic ring is 1. The number of amides is 1. The molecule has 1 aromatic heterocycles. The van der Waals surface area contributed by atoms with Crippen LogP contribution in [-0.4, -0.2) is 10.9 Å². The van der Waals surface area contributed by atoms with Crippen LogP contribution in [0.3, 0.4) is 0 Å². The molecule has 0 unspecified atom stereocenters. The predicted molar refractivity (Wildman–Crippen MR) is 107 cm³/mol. The Hall–Kier alpha value is -2.09. The summed E-state index contributed by atoms with van der Waals surface area (Å²) in [5, 5.41) is 3.26. The minimum absolute atomic E-state index is 0.179. The highest BCUT2D eigenvalue weighted by Crippen LogP contribution is 2.33. The lowest BCUT2D eigenvalue weighted by molar-refractivity contribution is 0.103. The fraction of sp³-hybridized carbons (Fsp3) is 0.111. The number of nitrogens with zero attached hydrogens (tertiary/aromatic N) is 1. The van der Waals surface area contributed by atoms with Gasteiger partial charge in [0.05, 0.1) is 10.7 Å². The van der Waals surface area contributed by atoms with Crippen LogP contribution >= 0.6 is 34.7 Å². The van der Waals surface area contributed by atoms with Crippen LogP contribution in [0.4, 0.5) is 15.9 Å². The van der Waals surface area contributed by atoms with Crippen LogP contribution in [0, 0.1) is 12.7 Å². The Labute approximate surface area is 163 Å². The Balaban J connectivity index is 1.71. The minimum Gasteiger partial charge on any atom is -0.382 e. The molecule has 0 atom stereocenters. The monoisotopic (exact) mass is 407 g/mol. The van der Waals surface area contributed by atoms with Crippen LogP contribution in [0.15, 0.2) is 46.8 Å². The summed E-state index contributed by atoms with van der Waals surface area (Å²) >= 11 is 8.81. The van der Waals surface area contributed by atoms with Crippen LogP contribution in [0.5, 0.6) is 0 Å². The molecular weight excluding hydrogens is 393 g/mol. The molecule has 26 heavy (non-hydrogen) atoms. The van der Waals surface area contributed by atoms with E-state index in [1.807, 2.05) is 19.1 Å². The predicted octanol–water partition coefficient (Wildman–Crippen LogP) is 5.37. The van der Waals surface area contributed by atoms with E-state index in [4.69, 9.17) is 17.3 Å². The van der Waals surface area contributed by atoms with E-state index in [9.17, 15) is 9.18 Å². The SMILES string of the molecule is Cc1cccc(Cl)c1NC(=O)c1sc(SCc2ccc(F)cc2)nc1N. The number of carbonyl (C=O) groups is 1. The number of nitrogens with one attached hydrogen (secondary N) is 1. The zero-order valence-corrected chi connectivity index (χ0v) is 16.1. The smallest absolute Gasteiger partial charge is 0.269 e. The lowest BCUT2D eigenvalue weighted by atomic mass is 10.2. The van der Waals surface area contributed by atoms with Crippen molar-refractivity contribution >= 4 is 52.1 Å². The molecule has 8 heteroatoms. The first-order valence-electron chi connectivity index (χ1n) is 7.64. The van der Waals surface area contributed by atoms with E-state index in [0.29, 0.717) is 25.7 Å². The van der Waals surface area contributed by atoms with E-state index < -0.39 is 0 Å². The van der Waals surface area contributed by atoms with Gasteiger partial charge >= 0.3 is 0 Å². The van der Waals surface area contributed by atoms with Crippen molar-refractivity contribution in [3.05, 3.63) is 69.3 Å². The summed E-state index contributed by atoms with van der Waals surface area (Å²) in [6.07, 6.45) is 0. The number of aryl methyl sites for hydroxylation is 1. The topological polar surface area (TPSA) is 68.0 Å². The Kier molecular flexibility index (Phi) is 5.80. The number of benzene rings is 2. The number of aromatic nitrogens is 1. The number of rotatable bonds is 5. The van der Waals surface area contributed by atoms with Crippen LogP contribution in [0.2, 0.25) is 5.02 Å². The van der Waals surface area contributed by atoms with Gasteiger partial charge in [0.25, 0.3) is 5.91 Å². The summed E-state index contributed by atoms with van der Waals surface area (Å²) in [6, 6.07) is 11.7. The lowest BCUT2D eigenvalue weighted by Crippen LogP contribution is -2.13. The molecule has 0 aliphatic heterocycles. The zero-order valence-electron chi connectivity index (χ0n) is 13.8. The van der Waals surface area contributed by atoms with E-state index in [0.717, 1.165) is 11.1 Å². The molecule has 0 fully saturated rings. The summed E-state index contributed by atoms with van der Waals surface area (Å²) in [5.41, 5.74) is 8.29. The van der Waals surface area contributed by atoms with Crippen molar-refractivity contribution in [2.24, 2.45) is 0 Å². The lowest BCUT2D eigenvalue weighted by Gasteiger charge is -2.09. The Morgan fingerprint density at radius 3 is 2.73 bits per heavy atom. The maximum absolute atomic E-state index is 12.9. The average Bonchev–Trinajstić information content (AvgIpc) is 2.98. The van der Waals surface area contributed by atoms with Crippen molar-refractivity contribution in [2.45, 2.75) is 17.0 Å². The van der Waals surface area contributed by atoms with Gasteiger partial charge in [-0.3, -0.25) is 4.79 Å². The summed E-state index contributed by atoms with van der Waals surface area (Å²) in [5.74, 6) is 0.174. The molecule has 0 saturated heterocycles. The normalized spacial score (nSPS) is 10.7. The quantitative estimate of drug-likeness (QED) is 0.558. The van der Waals surface area contributed by atoms with E-state index in [1.54, 1.807) is 18.2 Å². The number of carbonyl (C=O) groups excluding carboxylic acids is 1. The number of hydrogen-bond donors (Lipinski definition) is 2. The first kappa shape index (κ1) is 18.7. The number of para-hydroxylation sites is 1. The van der Waals surface area contributed by atoms with Crippen molar-refractivity contribution < 1.29 is 9.18 Å². The Morgan fingerprint density at radius 2 is 2.04 bits per heavy atom. The average molecular weight is 408 g/mol. The molecule has 0 aliphatic carbocycles. The summed E-state index contributed by atoms with van der Waals surface area (Å²) in [4.78, 5) is 17.1. The van der Waals surface area contributed by atoms with Gasteiger partial charge in [0.1, 0.15) is 16.5 Å². The van der Waals surface area contributed by atoms with E-state index in [2.05, 4.69) is 10.3 Å². The molecular formula is C18H15ClFN3OS2. The standard InChI is InChI=1S/C18H15ClFN3OS2/c1-10-3-2-4-13(19)14(10)22-17(24)15-16(21)23-18(26-15)25-9-11-5-7-12(20)8-6-11/h2-8H,9,21H2,1H3,(H,22,24). The first-order valence-corrected chi connectivity index (χ1v) is 9.82. The van der Waals surface area contributed by atoms with Gasteiger partial charge in [0.15, 0.2) is 4.34 Å². The van der Waals surface area contributed by atoms with Gasteiger partial charge in [-0.2, -0.15) is 0 Å². The van der Waals surface area contributed by atoms with E-state index in [-0.39, 0.29) is 17.5 Å². The molecule has 0 spiro atoms. The molecule has 0 radical (unpaired) electrons. The Morgan fingerprint density at radius 1 is 1.31 bits per heavy atom. The second-order valence-corrected chi connectivity index (χ2v) is 8.12. The van der Waals surface area contributed by atoms with E-state index >= 15 is 0 Å². The number of anilines is 2. The molecule has 3 aromatic rings. The number of thiazole rings is 1. The van der Waals surface area contributed by atoms with Crippen molar-refractivity contribution in [1.82, 2.24) is 4.98 Å². The highest BCUT2D eigenvalue weighted by atomic mass is 35.5. The van der Waals surface area contributed by atoms with E-state index in [1.165, 1.54) is 35.2 Å². The van der Waals surface area contributed by atoms with Crippen molar-refractivity contribution in [3.63, 3.8) is 0 Å². The third kappa shape index (κ3) is 4.35. The zero-order chi connectivity index (χ0) is 18.7. The second-order valence-electron chi connectivity index (χ2n) is 5.50. The highest BCUT2D eigenvalue weighted by molar-refractivity contribution is 8.00. The maximum atomic E-state index is 12.9. The minimum atomic E-state index is -0.343. The van der Waals surface area contributed by atoms with Crippen molar-refractivity contribution in [2.75, 3.05) is 11.1 Å². The van der Waals surface area contributed by atoms with Gasteiger partial charge < -0.3 is 11.1 Å². The van der Waals surface area contributed by atoms with Crippen LogP contribution in [0.1, 0.15) is 20.8 Å². The van der Waals surface area contributed by atoms with Crippen LogP contribution < -0.4 is 11.1 Å². The van der Waals surface area contributed by atoms with Gasteiger partial charge in [-0.05, 0) is 36.2 Å². The molecule has 134 valence electrons. The fourth-order valence-electron chi connectivity index (χ4n) is 2.22. The Bertz CT molecular complexity index is 924. The summed E-state index contributed by atoms with van der Waals surface area (Å²) < 4.78 is 13.6. The third-order valence-electron chi connectivity index (χ3n) is 3.58. The third-order valence-corrected chi connectivity index (χ3v) is 6.18. The van der Waals surface area contributed by atoms with Crippen LogP contribution in [-0.2, 0) is 5.75 Å². The molecule has 4 nitrogen and oxygen atoms in total. The van der Waals surface area contributed by atoms with Crippen molar-refractivity contribution in [1.29, 1.82) is 0 Å². The molecule has 2 aromatic carbocycles. The summed E-state index contributed by atoms with van der Waals surface area (Å²) in [7, 11) is 0. The molecule has 3 rings (SSSR count). The van der Waals surface area contributed by atoms with Crippen molar-refractivity contribution in [3.8, 4) is 0 Å². The number of hydrogen-bond acceptors (Lipinski definition) is 5. The second kappa shape index (κ2) is 8.07.